The van der Waals surface area contributed by atoms with Gasteiger partial charge in [0, 0.05) is 25.1 Å². The van der Waals surface area contributed by atoms with E-state index >= 15 is 0 Å². The van der Waals surface area contributed by atoms with Crippen LogP contribution in [0.15, 0.2) is 54.6 Å². The Morgan fingerprint density at radius 2 is 1.96 bits per heavy atom. The summed E-state index contributed by atoms with van der Waals surface area (Å²) in [6.45, 7) is 0.798. The highest BCUT2D eigenvalue weighted by molar-refractivity contribution is 5.23. The van der Waals surface area contributed by atoms with Crippen LogP contribution in [-0.2, 0) is 6.42 Å². The molecular weight excluding hydrogens is 319 g/mol. The van der Waals surface area contributed by atoms with Gasteiger partial charge >= 0.3 is 0 Å². The third kappa shape index (κ3) is 4.37. The van der Waals surface area contributed by atoms with E-state index in [1.165, 1.54) is 17.7 Å². The number of ether oxygens (including phenoxy) is 1. The third-order valence-electron chi connectivity index (χ3n) is 4.86. The van der Waals surface area contributed by atoms with E-state index in [1.807, 2.05) is 25.2 Å². The van der Waals surface area contributed by atoms with Crippen molar-refractivity contribution in [3.8, 4) is 5.75 Å². The summed E-state index contributed by atoms with van der Waals surface area (Å²) in [5.41, 5.74) is 7.51. The first kappa shape index (κ1) is 17.9. The smallest absolute Gasteiger partial charge is 0.128 e. The number of halogens is 1. The molecule has 1 fully saturated rings. The van der Waals surface area contributed by atoms with Crippen LogP contribution in [-0.4, -0.2) is 47.9 Å². The third-order valence-corrected chi connectivity index (χ3v) is 4.86. The number of nitrogens with zero attached hydrogens (tertiary/aromatic N) is 1. The Morgan fingerprint density at radius 3 is 2.68 bits per heavy atom. The molecule has 1 aliphatic rings. The van der Waals surface area contributed by atoms with E-state index in [1.54, 1.807) is 12.1 Å². The summed E-state index contributed by atoms with van der Waals surface area (Å²) >= 11 is 0. The number of hydrogen-bond acceptors (Lipinski definition) is 4. The molecule has 0 amide bonds. The van der Waals surface area contributed by atoms with Gasteiger partial charge in [0.1, 0.15) is 23.8 Å². The van der Waals surface area contributed by atoms with Crippen LogP contribution in [0.25, 0.3) is 0 Å². The zero-order valence-electron chi connectivity index (χ0n) is 14.4. The number of aliphatic hydroxyl groups excluding tert-OH is 1. The van der Waals surface area contributed by atoms with E-state index in [0.29, 0.717) is 12.2 Å². The molecule has 2 aromatic carbocycles. The number of aliphatic hydroxyl groups is 1. The van der Waals surface area contributed by atoms with Crippen molar-refractivity contribution in [2.24, 2.45) is 5.73 Å². The Bertz CT molecular complexity index is 682. The fourth-order valence-corrected chi connectivity index (χ4v) is 3.54. The van der Waals surface area contributed by atoms with Crippen molar-refractivity contribution in [2.75, 3.05) is 13.6 Å². The Kier molecular flexibility index (Phi) is 5.68. The van der Waals surface area contributed by atoms with Crippen LogP contribution in [0.5, 0.6) is 5.75 Å². The van der Waals surface area contributed by atoms with Crippen LogP contribution in [0.2, 0.25) is 0 Å². The second kappa shape index (κ2) is 7.95. The molecule has 134 valence electrons. The molecule has 0 aliphatic heterocycles. The predicted octanol–water partition coefficient (Wildman–Crippen LogP) is 2.21. The fourth-order valence-electron chi connectivity index (χ4n) is 3.54. The van der Waals surface area contributed by atoms with Crippen molar-refractivity contribution in [1.29, 1.82) is 0 Å². The lowest BCUT2D eigenvalue weighted by Gasteiger charge is -2.30. The van der Waals surface area contributed by atoms with Gasteiger partial charge in [-0.25, -0.2) is 4.39 Å². The van der Waals surface area contributed by atoms with Gasteiger partial charge in [-0.1, -0.05) is 36.4 Å². The summed E-state index contributed by atoms with van der Waals surface area (Å²) < 4.78 is 19.1. The second-order valence-electron chi connectivity index (χ2n) is 6.71. The number of hydrogen-bond donors (Lipinski definition) is 2. The summed E-state index contributed by atoms with van der Waals surface area (Å²) in [7, 11) is 1.97. The zero-order valence-corrected chi connectivity index (χ0v) is 14.4. The molecule has 3 rings (SSSR count). The normalized spacial score (nSPS) is 26.1. The lowest BCUT2D eigenvalue weighted by Crippen LogP contribution is -2.49. The minimum absolute atomic E-state index is 0.178. The molecule has 0 aromatic heterocycles. The van der Waals surface area contributed by atoms with E-state index in [0.717, 1.165) is 13.0 Å². The van der Waals surface area contributed by atoms with Crippen LogP contribution in [0.3, 0.4) is 0 Å². The first-order valence-electron chi connectivity index (χ1n) is 8.64. The molecule has 4 nitrogen and oxygen atoms in total. The van der Waals surface area contributed by atoms with E-state index in [4.69, 9.17) is 10.5 Å². The van der Waals surface area contributed by atoms with Gasteiger partial charge in [-0.2, -0.15) is 0 Å². The highest BCUT2D eigenvalue weighted by atomic mass is 19.1. The molecule has 5 heteroatoms. The van der Waals surface area contributed by atoms with E-state index in [2.05, 4.69) is 17.0 Å². The molecule has 2 aromatic rings. The van der Waals surface area contributed by atoms with Crippen molar-refractivity contribution in [3.05, 3.63) is 66.0 Å². The Labute approximate surface area is 148 Å². The van der Waals surface area contributed by atoms with Gasteiger partial charge in [0.05, 0.1) is 6.04 Å². The van der Waals surface area contributed by atoms with Crippen molar-refractivity contribution >= 4 is 0 Å². The first-order chi connectivity index (χ1) is 12.0. The van der Waals surface area contributed by atoms with E-state index in [9.17, 15) is 9.50 Å². The van der Waals surface area contributed by atoms with Crippen molar-refractivity contribution in [1.82, 2.24) is 4.90 Å². The van der Waals surface area contributed by atoms with Crippen LogP contribution in [0.1, 0.15) is 12.0 Å². The molecule has 3 N–H and O–H groups in total. The Hall–Kier alpha value is -1.95. The fraction of sp³-hybridized carbons (Fsp3) is 0.400. The van der Waals surface area contributed by atoms with Crippen molar-refractivity contribution in [3.63, 3.8) is 0 Å². The summed E-state index contributed by atoms with van der Waals surface area (Å²) in [5, 5.41) is 10.7. The average molecular weight is 344 g/mol. The summed E-state index contributed by atoms with van der Waals surface area (Å²) in [4.78, 5) is 2.09. The Morgan fingerprint density at radius 1 is 1.20 bits per heavy atom. The van der Waals surface area contributed by atoms with Gasteiger partial charge in [-0.15, -0.1) is 0 Å². The van der Waals surface area contributed by atoms with Gasteiger partial charge in [-0.05, 0) is 31.2 Å². The van der Waals surface area contributed by atoms with Crippen LogP contribution in [0.4, 0.5) is 4.39 Å². The van der Waals surface area contributed by atoms with E-state index in [-0.39, 0.29) is 17.9 Å². The van der Waals surface area contributed by atoms with Crippen molar-refractivity contribution < 1.29 is 14.2 Å². The lowest BCUT2D eigenvalue weighted by atomic mass is 10.1. The molecular formula is C20H25FN2O2. The monoisotopic (exact) mass is 344 g/mol. The molecule has 1 saturated carbocycles. The van der Waals surface area contributed by atoms with Gasteiger partial charge < -0.3 is 15.6 Å². The first-order valence-corrected chi connectivity index (χ1v) is 8.64. The van der Waals surface area contributed by atoms with Gasteiger partial charge in [0.15, 0.2) is 0 Å². The minimum atomic E-state index is -0.709. The van der Waals surface area contributed by atoms with Gasteiger partial charge in [-0.3, -0.25) is 4.90 Å². The van der Waals surface area contributed by atoms with E-state index < -0.39 is 12.2 Å². The second-order valence-corrected chi connectivity index (χ2v) is 6.71. The molecule has 0 saturated heterocycles. The standard InChI is InChI=1S/C20H25FN2O2/c1-23(11-10-14-6-3-2-4-7-14)19-17(22)13-18(20(19)24)25-16-9-5-8-15(21)12-16/h2-9,12,17-20,24H,10-11,13,22H2,1H3/t17-,18-,19+,20+/m1/s1. The average Bonchev–Trinajstić information content (AvgIpc) is 2.87. The summed E-state index contributed by atoms with van der Waals surface area (Å²) in [5.74, 6) is 0.0645. The van der Waals surface area contributed by atoms with Crippen LogP contribution in [0, 0.1) is 5.82 Å². The highest BCUT2D eigenvalue weighted by Crippen LogP contribution is 2.28. The lowest BCUT2D eigenvalue weighted by molar-refractivity contribution is 0.0159. The number of rotatable bonds is 6. The zero-order chi connectivity index (χ0) is 17.8. The van der Waals surface area contributed by atoms with Crippen LogP contribution >= 0.6 is 0 Å². The molecule has 1 aliphatic carbocycles. The maximum Gasteiger partial charge on any atom is 0.128 e. The molecule has 0 bridgehead atoms. The Balaban J connectivity index is 1.60. The number of benzene rings is 2. The molecule has 25 heavy (non-hydrogen) atoms. The minimum Gasteiger partial charge on any atom is -0.487 e. The molecule has 0 unspecified atom stereocenters. The molecule has 0 radical (unpaired) electrons. The molecule has 0 spiro atoms. The largest absolute Gasteiger partial charge is 0.487 e. The van der Waals surface area contributed by atoms with Gasteiger partial charge in [0.2, 0.25) is 0 Å². The topological polar surface area (TPSA) is 58.7 Å². The van der Waals surface area contributed by atoms with Crippen LogP contribution < -0.4 is 10.5 Å². The number of likely N-dealkylation sites (N-methyl/N-ethyl adjacent to an activating group) is 1. The van der Waals surface area contributed by atoms with Gasteiger partial charge in [0.25, 0.3) is 0 Å². The maximum absolute atomic E-state index is 13.3. The number of nitrogens with two attached hydrogens (primary N) is 1. The molecule has 4 atom stereocenters. The maximum atomic E-state index is 13.3. The SMILES string of the molecule is CN(CCc1ccccc1)[C@@H]1[C@@H](O)[C@H](Oc2cccc(F)c2)C[C@H]1N. The predicted molar refractivity (Wildman–Crippen MR) is 96.0 cm³/mol. The highest BCUT2D eigenvalue weighted by Gasteiger charge is 2.44. The van der Waals surface area contributed by atoms with Crippen molar-refractivity contribution in [2.45, 2.75) is 37.1 Å². The quantitative estimate of drug-likeness (QED) is 0.844. The summed E-state index contributed by atoms with van der Waals surface area (Å²) in [6, 6.07) is 15.8. The molecule has 0 heterocycles. The summed E-state index contributed by atoms with van der Waals surface area (Å²) in [6.07, 6.45) is 0.292.